The zero-order valence-corrected chi connectivity index (χ0v) is 17.9. The van der Waals surface area contributed by atoms with E-state index in [1.54, 1.807) is 0 Å². The molecule has 0 aromatic heterocycles. The number of hydrogen-bond donors (Lipinski definition) is 3. The van der Waals surface area contributed by atoms with Crippen LogP contribution in [-0.4, -0.2) is 59.1 Å². The topological polar surface area (TPSA) is 122 Å². The second kappa shape index (κ2) is 11.4. The van der Waals surface area contributed by atoms with E-state index in [9.17, 15) is 19.5 Å². The van der Waals surface area contributed by atoms with E-state index in [0.717, 1.165) is 11.1 Å². The Labute approximate surface area is 187 Å². The summed E-state index contributed by atoms with van der Waals surface area (Å²) < 4.78 is 5.71. The number of carboxylic acid groups (broad SMARTS) is 1. The number of nitrogens with one attached hydrogen (secondary N) is 1. The molecule has 3 atom stereocenters. The molecule has 0 spiro atoms. The number of rotatable bonds is 10. The molecular weight excluding hydrogens is 410 g/mol. The van der Waals surface area contributed by atoms with E-state index in [-0.39, 0.29) is 13.2 Å². The van der Waals surface area contributed by atoms with Gasteiger partial charge in [0.1, 0.15) is 12.1 Å². The molecule has 0 aliphatic carbocycles. The Balaban J connectivity index is 1.66. The predicted molar refractivity (Wildman–Crippen MR) is 119 cm³/mol. The summed E-state index contributed by atoms with van der Waals surface area (Å²) in [6.45, 7) is 0.510. The minimum Gasteiger partial charge on any atom is -0.480 e. The lowest BCUT2D eigenvalue weighted by Gasteiger charge is -2.28. The minimum atomic E-state index is -1.05. The third kappa shape index (κ3) is 6.38. The number of benzene rings is 2. The Morgan fingerprint density at radius 2 is 1.69 bits per heavy atom. The molecular formula is C24H29N3O5. The highest BCUT2D eigenvalue weighted by Crippen LogP contribution is 2.19. The van der Waals surface area contributed by atoms with Crippen LogP contribution < -0.4 is 11.1 Å². The summed E-state index contributed by atoms with van der Waals surface area (Å²) in [5, 5.41) is 12.1. The Kier molecular flexibility index (Phi) is 8.35. The van der Waals surface area contributed by atoms with Crippen LogP contribution in [0.5, 0.6) is 0 Å². The zero-order chi connectivity index (χ0) is 22.9. The molecule has 0 bridgehead atoms. The number of aliphatic carboxylic acids is 1. The maximum atomic E-state index is 13.1. The SMILES string of the molecule is N[C@@H](Cc1ccccc1)C(=O)N[C@@H](COCc1ccccc1)C(=O)N1CCC[C@H]1C(=O)O. The number of likely N-dealkylation sites (tertiary alicyclic amines) is 1. The Hall–Kier alpha value is -3.23. The molecule has 32 heavy (non-hydrogen) atoms. The van der Waals surface area contributed by atoms with Crippen LogP contribution in [0.4, 0.5) is 0 Å². The van der Waals surface area contributed by atoms with Crippen LogP contribution in [0.15, 0.2) is 60.7 Å². The van der Waals surface area contributed by atoms with Crippen molar-refractivity contribution < 1.29 is 24.2 Å². The summed E-state index contributed by atoms with van der Waals surface area (Å²) in [5.41, 5.74) is 7.91. The molecule has 1 fully saturated rings. The van der Waals surface area contributed by atoms with E-state index >= 15 is 0 Å². The molecule has 0 unspecified atom stereocenters. The van der Waals surface area contributed by atoms with Gasteiger partial charge >= 0.3 is 5.97 Å². The number of carboxylic acids is 1. The third-order valence-corrected chi connectivity index (χ3v) is 5.47. The van der Waals surface area contributed by atoms with E-state index in [0.29, 0.717) is 25.8 Å². The van der Waals surface area contributed by atoms with Crippen molar-refractivity contribution in [3.63, 3.8) is 0 Å². The van der Waals surface area contributed by atoms with Crippen LogP contribution in [0.25, 0.3) is 0 Å². The molecule has 8 heteroatoms. The van der Waals surface area contributed by atoms with Crippen molar-refractivity contribution in [2.75, 3.05) is 13.2 Å². The maximum absolute atomic E-state index is 13.1. The van der Waals surface area contributed by atoms with Gasteiger partial charge in [-0.25, -0.2) is 4.79 Å². The number of amides is 2. The predicted octanol–water partition coefficient (Wildman–Crippen LogP) is 1.33. The number of carbonyl (C=O) groups is 3. The van der Waals surface area contributed by atoms with Crippen molar-refractivity contribution in [1.82, 2.24) is 10.2 Å². The third-order valence-electron chi connectivity index (χ3n) is 5.47. The summed E-state index contributed by atoms with van der Waals surface area (Å²) in [7, 11) is 0. The van der Waals surface area contributed by atoms with Crippen molar-refractivity contribution in [3.05, 3.63) is 71.8 Å². The molecule has 1 aliphatic rings. The van der Waals surface area contributed by atoms with Crippen LogP contribution in [0.2, 0.25) is 0 Å². The fourth-order valence-corrected chi connectivity index (χ4v) is 3.77. The van der Waals surface area contributed by atoms with Crippen molar-refractivity contribution in [3.8, 4) is 0 Å². The van der Waals surface area contributed by atoms with Gasteiger partial charge < -0.3 is 25.8 Å². The summed E-state index contributed by atoms with van der Waals surface area (Å²) in [5.74, 6) is -2.00. The first-order valence-electron chi connectivity index (χ1n) is 10.7. The summed E-state index contributed by atoms with van der Waals surface area (Å²) in [6, 6.07) is 16.0. The van der Waals surface area contributed by atoms with Crippen LogP contribution in [0, 0.1) is 0 Å². The van der Waals surface area contributed by atoms with Crippen molar-refractivity contribution in [2.24, 2.45) is 5.73 Å². The number of nitrogens with zero attached hydrogens (tertiary/aromatic N) is 1. The fourth-order valence-electron chi connectivity index (χ4n) is 3.77. The lowest BCUT2D eigenvalue weighted by molar-refractivity contribution is -0.150. The first-order valence-corrected chi connectivity index (χ1v) is 10.7. The van der Waals surface area contributed by atoms with E-state index in [4.69, 9.17) is 10.5 Å². The number of hydrogen-bond acceptors (Lipinski definition) is 5. The average molecular weight is 440 g/mol. The van der Waals surface area contributed by atoms with E-state index in [1.807, 2.05) is 60.7 Å². The zero-order valence-electron chi connectivity index (χ0n) is 17.9. The molecule has 0 saturated carbocycles. The second-order valence-electron chi connectivity index (χ2n) is 7.89. The number of nitrogens with two attached hydrogens (primary N) is 1. The average Bonchev–Trinajstić information content (AvgIpc) is 3.29. The normalized spacial score (nSPS) is 17.5. The van der Waals surface area contributed by atoms with E-state index in [2.05, 4.69) is 5.32 Å². The highest BCUT2D eigenvalue weighted by molar-refractivity contribution is 5.92. The quantitative estimate of drug-likeness (QED) is 0.514. The fraction of sp³-hybridized carbons (Fsp3) is 0.375. The molecule has 2 aromatic rings. The number of carbonyl (C=O) groups excluding carboxylic acids is 2. The van der Waals surface area contributed by atoms with Crippen LogP contribution in [0.3, 0.4) is 0 Å². The first kappa shape index (κ1) is 23.4. The molecule has 3 rings (SSSR count). The van der Waals surface area contributed by atoms with Gasteiger partial charge in [0.05, 0.1) is 19.3 Å². The van der Waals surface area contributed by atoms with Gasteiger partial charge in [0.15, 0.2) is 0 Å². The first-order chi connectivity index (χ1) is 15.5. The molecule has 1 aliphatic heterocycles. The minimum absolute atomic E-state index is 0.0830. The van der Waals surface area contributed by atoms with Crippen molar-refractivity contribution in [1.29, 1.82) is 0 Å². The van der Waals surface area contributed by atoms with Gasteiger partial charge in [-0.15, -0.1) is 0 Å². The van der Waals surface area contributed by atoms with Gasteiger partial charge in [-0.05, 0) is 30.4 Å². The highest BCUT2D eigenvalue weighted by Gasteiger charge is 2.38. The highest BCUT2D eigenvalue weighted by atomic mass is 16.5. The van der Waals surface area contributed by atoms with Gasteiger partial charge in [-0.1, -0.05) is 60.7 Å². The summed E-state index contributed by atoms with van der Waals surface area (Å²) >= 11 is 0. The van der Waals surface area contributed by atoms with Gasteiger partial charge in [-0.2, -0.15) is 0 Å². The van der Waals surface area contributed by atoms with Gasteiger partial charge in [0.2, 0.25) is 11.8 Å². The number of ether oxygens (including phenoxy) is 1. The Morgan fingerprint density at radius 1 is 1.06 bits per heavy atom. The second-order valence-corrected chi connectivity index (χ2v) is 7.89. The van der Waals surface area contributed by atoms with Crippen molar-refractivity contribution in [2.45, 2.75) is 44.0 Å². The standard InChI is InChI=1S/C24H29N3O5/c25-19(14-17-8-3-1-4-9-17)22(28)26-20(16-32-15-18-10-5-2-6-11-18)23(29)27-13-7-12-21(27)24(30)31/h1-6,8-11,19-21H,7,12-16,25H2,(H,26,28)(H,30,31)/t19-,20-,21-/m0/s1. The summed E-state index contributed by atoms with van der Waals surface area (Å²) in [6.07, 6.45) is 1.31. The Morgan fingerprint density at radius 3 is 2.31 bits per heavy atom. The molecule has 2 aromatic carbocycles. The van der Waals surface area contributed by atoms with Crippen LogP contribution in [-0.2, 0) is 32.1 Å². The molecule has 4 N–H and O–H groups in total. The monoisotopic (exact) mass is 439 g/mol. The lowest BCUT2D eigenvalue weighted by atomic mass is 10.1. The van der Waals surface area contributed by atoms with Gasteiger partial charge in [-0.3, -0.25) is 9.59 Å². The molecule has 1 saturated heterocycles. The molecule has 0 radical (unpaired) electrons. The molecule has 170 valence electrons. The van der Waals surface area contributed by atoms with E-state index < -0.39 is 35.9 Å². The summed E-state index contributed by atoms with van der Waals surface area (Å²) in [4.78, 5) is 38.7. The van der Waals surface area contributed by atoms with Gasteiger partial charge in [0.25, 0.3) is 0 Å². The van der Waals surface area contributed by atoms with Crippen molar-refractivity contribution >= 4 is 17.8 Å². The Bertz CT molecular complexity index is 906. The van der Waals surface area contributed by atoms with Crippen LogP contribution >= 0.6 is 0 Å². The molecule has 2 amide bonds. The van der Waals surface area contributed by atoms with Crippen LogP contribution in [0.1, 0.15) is 24.0 Å². The maximum Gasteiger partial charge on any atom is 0.326 e. The largest absolute Gasteiger partial charge is 0.480 e. The molecule has 1 heterocycles. The molecule has 8 nitrogen and oxygen atoms in total. The smallest absolute Gasteiger partial charge is 0.326 e. The van der Waals surface area contributed by atoms with Gasteiger partial charge in [0, 0.05) is 6.54 Å². The van der Waals surface area contributed by atoms with E-state index in [1.165, 1.54) is 4.90 Å². The lowest BCUT2D eigenvalue weighted by Crippen LogP contribution is -2.56.